The van der Waals surface area contributed by atoms with Crippen LogP contribution in [0.1, 0.15) is 30.6 Å². The van der Waals surface area contributed by atoms with Gasteiger partial charge >= 0.3 is 0 Å². The van der Waals surface area contributed by atoms with Gasteiger partial charge in [-0.15, -0.1) is 0 Å². The van der Waals surface area contributed by atoms with Gasteiger partial charge in [-0.25, -0.2) is 0 Å². The normalized spacial score (nSPS) is 14.5. The lowest BCUT2D eigenvalue weighted by atomic mass is 9.90. The minimum Gasteiger partial charge on any atom is -0.388 e. The number of halogens is 1. The highest BCUT2D eigenvalue weighted by Crippen LogP contribution is 2.24. The molecule has 0 aromatic heterocycles. The highest BCUT2D eigenvalue weighted by Gasteiger charge is 2.35. The molecule has 0 spiro atoms. The Balaban J connectivity index is 2.16. The van der Waals surface area contributed by atoms with Crippen molar-refractivity contribution in [1.82, 2.24) is 5.32 Å². The Hall–Kier alpha value is -2.37. The van der Waals surface area contributed by atoms with Crippen LogP contribution < -0.4 is 11.1 Å². The Labute approximate surface area is 145 Å². The van der Waals surface area contributed by atoms with Crippen LogP contribution in [0.5, 0.6) is 0 Å². The average Bonchev–Trinajstić information content (AvgIpc) is 2.55. The highest BCUT2D eigenvalue weighted by molar-refractivity contribution is 6.30. The predicted octanol–water partition coefficient (Wildman–Crippen LogP) is 2.28. The van der Waals surface area contributed by atoms with Crippen LogP contribution in [0.2, 0.25) is 5.02 Å². The van der Waals surface area contributed by atoms with Crippen LogP contribution in [0.4, 0.5) is 0 Å². The van der Waals surface area contributed by atoms with Gasteiger partial charge in [-0.1, -0.05) is 54.1 Å². The van der Waals surface area contributed by atoms with E-state index in [1.54, 1.807) is 48.5 Å². The van der Waals surface area contributed by atoms with E-state index in [4.69, 9.17) is 17.3 Å². The van der Waals surface area contributed by atoms with Crippen LogP contribution >= 0.6 is 11.6 Å². The van der Waals surface area contributed by atoms with E-state index in [0.717, 1.165) is 0 Å². The molecule has 2 unspecified atom stereocenters. The molecule has 0 saturated carbocycles. The van der Waals surface area contributed by atoms with Gasteiger partial charge in [-0.3, -0.25) is 9.59 Å². The van der Waals surface area contributed by atoms with Gasteiger partial charge in [0.25, 0.3) is 0 Å². The third kappa shape index (κ3) is 4.13. The molecule has 6 heteroatoms. The molecule has 2 atom stereocenters. The van der Waals surface area contributed by atoms with Gasteiger partial charge in [-0.2, -0.15) is 0 Å². The molecular weight excluding hydrogens is 328 g/mol. The third-order valence-corrected chi connectivity index (χ3v) is 4.08. The van der Waals surface area contributed by atoms with Crippen molar-refractivity contribution in [3.8, 4) is 0 Å². The molecular formula is C18H19ClN2O3. The van der Waals surface area contributed by atoms with Crippen molar-refractivity contribution in [3.05, 3.63) is 70.7 Å². The maximum Gasteiger partial charge on any atom is 0.247 e. The molecule has 2 aromatic rings. The largest absolute Gasteiger partial charge is 0.388 e. The Kier molecular flexibility index (Phi) is 5.59. The van der Waals surface area contributed by atoms with E-state index in [2.05, 4.69) is 5.32 Å². The number of primary amides is 1. The number of amides is 2. The summed E-state index contributed by atoms with van der Waals surface area (Å²) in [7, 11) is 0. The molecule has 24 heavy (non-hydrogen) atoms. The summed E-state index contributed by atoms with van der Waals surface area (Å²) in [4.78, 5) is 24.2. The first-order chi connectivity index (χ1) is 11.3. The van der Waals surface area contributed by atoms with Crippen molar-refractivity contribution in [1.29, 1.82) is 0 Å². The number of hydrogen-bond acceptors (Lipinski definition) is 3. The van der Waals surface area contributed by atoms with Crippen LogP contribution in [-0.4, -0.2) is 16.9 Å². The molecule has 0 bridgehead atoms. The van der Waals surface area contributed by atoms with Crippen LogP contribution in [-0.2, 0) is 15.1 Å². The minimum absolute atomic E-state index is 0.187. The number of nitrogens with two attached hydrogens (primary N) is 1. The quantitative estimate of drug-likeness (QED) is 0.749. The number of nitrogens with one attached hydrogen (secondary N) is 1. The number of benzene rings is 2. The lowest BCUT2D eigenvalue weighted by molar-refractivity contribution is -0.132. The summed E-state index contributed by atoms with van der Waals surface area (Å²) in [5, 5.41) is 13.2. The Morgan fingerprint density at radius 3 is 2.46 bits per heavy atom. The van der Waals surface area contributed by atoms with E-state index in [1.807, 2.05) is 6.07 Å². The minimum atomic E-state index is -1.42. The molecule has 0 fully saturated rings. The number of hydrogen-bond donors (Lipinski definition) is 3. The number of carbonyl (C=O) groups is 2. The van der Waals surface area contributed by atoms with E-state index in [9.17, 15) is 14.7 Å². The lowest BCUT2D eigenvalue weighted by Crippen LogP contribution is -2.53. The maximum atomic E-state index is 12.3. The second kappa shape index (κ2) is 7.47. The zero-order valence-corrected chi connectivity index (χ0v) is 14.0. The molecule has 126 valence electrons. The van der Waals surface area contributed by atoms with E-state index in [-0.39, 0.29) is 6.42 Å². The first kappa shape index (κ1) is 18.0. The fourth-order valence-electron chi connectivity index (χ4n) is 2.37. The summed E-state index contributed by atoms with van der Waals surface area (Å²) < 4.78 is 0. The van der Waals surface area contributed by atoms with Gasteiger partial charge in [0.1, 0.15) is 5.54 Å². The van der Waals surface area contributed by atoms with Crippen LogP contribution in [0.15, 0.2) is 54.6 Å². The third-order valence-electron chi connectivity index (χ3n) is 3.85. The van der Waals surface area contributed by atoms with Gasteiger partial charge in [0.05, 0.1) is 12.5 Å². The van der Waals surface area contributed by atoms with Gasteiger partial charge < -0.3 is 16.2 Å². The summed E-state index contributed by atoms with van der Waals surface area (Å²) in [5.41, 5.74) is 5.16. The van der Waals surface area contributed by atoms with Crippen molar-refractivity contribution < 1.29 is 14.7 Å². The van der Waals surface area contributed by atoms with E-state index >= 15 is 0 Å². The van der Waals surface area contributed by atoms with Crippen LogP contribution in [0.25, 0.3) is 0 Å². The molecule has 2 amide bonds. The zero-order valence-electron chi connectivity index (χ0n) is 13.2. The molecule has 0 heterocycles. The summed E-state index contributed by atoms with van der Waals surface area (Å²) in [5.74, 6) is -1.21. The van der Waals surface area contributed by atoms with Gasteiger partial charge in [0.2, 0.25) is 11.8 Å². The Morgan fingerprint density at radius 2 is 1.88 bits per heavy atom. The SMILES string of the molecule is CC(NC(=O)CC(O)c1ccccc1)(C(N)=O)c1cccc(Cl)c1. The molecule has 2 rings (SSSR count). The van der Waals surface area contributed by atoms with Crippen molar-refractivity contribution in [2.45, 2.75) is 25.0 Å². The Morgan fingerprint density at radius 1 is 1.21 bits per heavy atom. The summed E-state index contributed by atoms with van der Waals surface area (Å²) in [6.07, 6.45) is -1.16. The lowest BCUT2D eigenvalue weighted by Gasteiger charge is -2.28. The van der Waals surface area contributed by atoms with Crippen LogP contribution in [0, 0.1) is 0 Å². The summed E-state index contributed by atoms with van der Waals surface area (Å²) >= 11 is 5.95. The number of aliphatic hydroxyl groups is 1. The highest BCUT2D eigenvalue weighted by atomic mass is 35.5. The van der Waals surface area contributed by atoms with Gasteiger partial charge in [-0.05, 0) is 30.2 Å². The molecule has 0 saturated heterocycles. The maximum absolute atomic E-state index is 12.3. The van der Waals surface area contributed by atoms with E-state index in [0.29, 0.717) is 16.1 Å². The predicted molar refractivity (Wildman–Crippen MR) is 92.2 cm³/mol. The fraction of sp³-hybridized carbons (Fsp3) is 0.222. The van der Waals surface area contributed by atoms with Gasteiger partial charge in [0, 0.05) is 5.02 Å². The van der Waals surface area contributed by atoms with Crippen molar-refractivity contribution in [2.75, 3.05) is 0 Å². The first-order valence-electron chi connectivity index (χ1n) is 7.43. The molecule has 4 N–H and O–H groups in total. The van der Waals surface area contributed by atoms with E-state index < -0.39 is 23.5 Å². The molecule has 0 aliphatic carbocycles. The molecule has 2 aromatic carbocycles. The Bertz CT molecular complexity index is 736. The monoisotopic (exact) mass is 346 g/mol. The average molecular weight is 347 g/mol. The number of carbonyl (C=O) groups excluding carboxylic acids is 2. The smallest absolute Gasteiger partial charge is 0.247 e. The number of aliphatic hydroxyl groups excluding tert-OH is 1. The number of rotatable bonds is 6. The van der Waals surface area contributed by atoms with Crippen molar-refractivity contribution in [2.24, 2.45) is 5.73 Å². The zero-order chi connectivity index (χ0) is 17.7. The fourth-order valence-corrected chi connectivity index (χ4v) is 2.56. The summed E-state index contributed by atoms with van der Waals surface area (Å²) in [6.45, 7) is 1.51. The molecule has 0 aliphatic heterocycles. The first-order valence-corrected chi connectivity index (χ1v) is 7.80. The van der Waals surface area contributed by atoms with Crippen molar-refractivity contribution in [3.63, 3.8) is 0 Å². The summed E-state index contributed by atoms with van der Waals surface area (Å²) in [6, 6.07) is 15.4. The second-order valence-electron chi connectivity index (χ2n) is 5.68. The van der Waals surface area contributed by atoms with Crippen molar-refractivity contribution >= 4 is 23.4 Å². The molecule has 5 nitrogen and oxygen atoms in total. The van der Waals surface area contributed by atoms with E-state index in [1.165, 1.54) is 6.92 Å². The van der Waals surface area contributed by atoms with Gasteiger partial charge in [0.15, 0.2) is 0 Å². The standard InChI is InChI=1S/C18H19ClN2O3/c1-18(17(20)24,13-8-5-9-14(19)10-13)21-16(23)11-15(22)12-6-3-2-4-7-12/h2-10,15,22H,11H2,1H3,(H2,20,24)(H,21,23). The topological polar surface area (TPSA) is 92.4 Å². The second-order valence-corrected chi connectivity index (χ2v) is 6.11. The molecule has 0 aliphatic rings. The molecule has 0 radical (unpaired) electrons. The van der Waals surface area contributed by atoms with Crippen LogP contribution in [0.3, 0.4) is 0 Å².